The molecule has 2 rings (SSSR count). The third-order valence-electron chi connectivity index (χ3n) is 4.85. The molecule has 1 aliphatic heterocycles. The molecule has 1 saturated heterocycles. The van der Waals surface area contributed by atoms with E-state index >= 15 is 0 Å². The average molecular weight is 326 g/mol. The first-order valence-corrected chi connectivity index (χ1v) is 8.62. The molecule has 2 amide bonds. The fourth-order valence-electron chi connectivity index (χ4n) is 3.32. The van der Waals surface area contributed by atoms with Crippen LogP contribution < -0.4 is 16.4 Å². The van der Waals surface area contributed by atoms with Gasteiger partial charge in [-0.2, -0.15) is 0 Å². The van der Waals surface area contributed by atoms with Gasteiger partial charge in [0.1, 0.15) is 0 Å². The van der Waals surface area contributed by atoms with E-state index in [2.05, 4.69) is 15.5 Å². The van der Waals surface area contributed by atoms with Crippen molar-refractivity contribution >= 4 is 11.8 Å². The van der Waals surface area contributed by atoms with Crippen LogP contribution in [0.1, 0.15) is 32.6 Å². The quantitative estimate of drug-likeness (QED) is 0.609. The Morgan fingerprint density at radius 1 is 1.26 bits per heavy atom. The van der Waals surface area contributed by atoms with Gasteiger partial charge in [0, 0.05) is 31.7 Å². The molecular formula is C16H30N4O3. The minimum absolute atomic E-state index is 0.0223. The van der Waals surface area contributed by atoms with Gasteiger partial charge in [-0.1, -0.05) is 12.8 Å². The molecule has 1 aliphatic carbocycles. The van der Waals surface area contributed by atoms with Gasteiger partial charge in [-0.3, -0.25) is 14.5 Å². The Bertz CT molecular complexity index is 408. The van der Waals surface area contributed by atoms with Gasteiger partial charge >= 0.3 is 0 Å². The Kier molecular flexibility index (Phi) is 6.80. The second-order valence-corrected chi connectivity index (χ2v) is 6.83. The van der Waals surface area contributed by atoms with E-state index in [0.29, 0.717) is 6.54 Å². The van der Waals surface area contributed by atoms with Crippen molar-refractivity contribution < 1.29 is 14.3 Å². The number of hydrogen-bond donors (Lipinski definition) is 3. The van der Waals surface area contributed by atoms with Crippen molar-refractivity contribution in [1.29, 1.82) is 0 Å². The van der Waals surface area contributed by atoms with Crippen molar-refractivity contribution in [3.05, 3.63) is 0 Å². The fraction of sp³-hybridized carbons (Fsp3) is 0.875. The van der Waals surface area contributed by atoms with Crippen molar-refractivity contribution in [2.24, 2.45) is 11.7 Å². The predicted octanol–water partition coefficient (Wildman–Crippen LogP) is -0.541. The minimum atomic E-state index is -0.463. The maximum Gasteiger partial charge on any atom is 0.239 e. The lowest BCUT2D eigenvalue weighted by atomic mass is 9.74. The van der Waals surface area contributed by atoms with Crippen LogP contribution in [0.5, 0.6) is 0 Å². The van der Waals surface area contributed by atoms with Crippen LogP contribution in [0, 0.1) is 5.92 Å². The molecule has 4 N–H and O–H groups in total. The summed E-state index contributed by atoms with van der Waals surface area (Å²) in [5.41, 5.74) is 5.75. The van der Waals surface area contributed by atoms with E-state index in [-0.39, 0.29) is 24.3 Å². The van der Waals surface area contributed by atoms with Gasteiger partial charge in [-0.15, -0.1) is 0 Å². The van der Waals surface area contributed by atoms with E-state index in [1.165, 1.54) is 0 Å². The van der Waals surface area contributed by atoms with Crippen LogP contribution in [0.3, 0.4) is 0 Å². The number of nitrogens with two attached hydrogens (primary N) is 1. The lowest BCUT2D eigenvalue weighted by Gasteiger charge is -2.37. The molecule has 0 aromatic carbocycles. The Morgan fingerprint density at radius 2 is 2.00 bits per heavy atom. The molecule has 0 aromatic rings. The van der Waals surface area contributed by atoms with E-state index in [9.17, 15) is 9.59 Å². The largest absolute Gasteiger partial charge is 0.379 e. The Hall–Kier alpha value is -1.18. The number of nitrogens with one attached hydrogen (secondary N) is 2. The van der Waals surface area contributed by atoms with Crippen molar-refractivity contribution in [1.82, 2.24) is 15.5 Å². The number of carbonyl (C=O) groups excluding carboxylic acids is 2. The molecule has 7 heteroatoms. The van der Waals surface area contributed by atoms with Gasteiger partial charge in [0.25, 0.3) is 0 Å². The third-order valence-corrected chi connectivity index (χ3v) is 4.85. The molecule has 0 radical (unpaired) electrons. The molecule has 2 unspecified atom stereocenters. The smallest absolute Gasteiger partial charge is 0.239 e. The number of hydrogen-bond acceptors (Lipinski definition) is 5. The standard InChI is InChI=1S/C16H30N4O3/c1-16(17)5-3-2-4-13(16)15(22)19-12-14(21)18-6-7-20-8-10-23-11-9-20/h13H,2-12,17H2,1H3,(H,18,21)(H,19,22). The van der Waals surface area contributed by atoms with Gasteiger partial charge in [-0.05, 0) is 19.8 Å². The summed E-state index contributed by atoms with van der Waals surface area (Å²) < 4.78 is 5.28. The van der Waals surface area contributed by atoms with Crippen LogP contribution in [0.25, 0.3) is 0 Å². The lowest BCUT2D eigenvalue weighted by Crippen LogP contribution is -2.54. The number of rotatable bonds is 6. The number of ether oxygens (including phenoxy) is 1. The maximum absolute atomic E-state index is 12.2. The minimum Gasteiger partial charge on any atom is -0.379 e. The summed E-state index contributed by atoms with van der Waals surface area (Å²) in [6.07, 6.45) is 3.75. The van der Waals surface area contributed by atoms with Crippen LogP contribution in [0.15, 0.2) is 0 Å². The Morgan fingerprint density at radius 3 is 2.70 bits per heavy atom. The molecular weight excluding hydrogens is 296 g/mol. The highest BCUT2D eigenvalue weighted by Gasteiger charge is 2.37. The average Bonchev–Trinajstić information content (AvgIpc) is 2.53. The molecule has 0 aromatic heterocycles. The normalized spacial score (nSPS) is 29.0. The molecule has 0 bridgehead atoms. The van der Waals surface area contributed by atoms with Crippen LogP contribution in [-0.4, -0.2) is 68.2 Å². The molecule has 23 heavy (non-hydrogen) atoms. The highest BCUT2D eigenvalue weighted by Crippen LogP contribution is 2.31. The first kappa shape index (κ1) is 18.2. The molecule has 1 heterocycles. The zero-order valence-electron chi connectivity index (χ0n) is 14.1. The molecule has 132 valence electrons. The number of amides is 2. The zero-order chi connectivity index (χ0) is 16.7. The second kappa shape index (κ2) is 8.61. The third kappa shape index (κ3) is 5.75. The summed E-state index contributed by atoms with van der Waals surface area (Å²) in [5.74, 6) is -0.448. The van der Waals surface area contributed by atoms with Crippen LogP contribution in [0.4, 0.5) is 0 Å². The molecule has 2 aliphatic rings. The van der Waals surface area contributed by atoms with Crippen LogP contribution in [-0.2, 0) is 14.3 Å². The second-order valence-electron chi connectivity index (χ2n) is 6.83. The summed E-state index contributed by atoms with van der Waals surface area (Å²) in [5, 5.41) is 5.57. The molecule has 7 nitrogen and oxygen atoms in total. The van der Waals surface area contributed by atoms with Gasteiger partial charge in [-0.25, -0.2) is 0 Å². The van der Waals surface area contributed by atoms with E-state index in [4.69, 9.17) is 10.5 Å². The molecule has 0 spiro atoms. The van der Waals surface area contributed by atoms with Crippen LogP contribution >= 0.6 is 0 Å². The van der Waals surface area contributed by atoms with E-state index in [0.717, 1.165) is 58.5 Å². The first-order chi connectivity index (χ1) is 11.0. The molecule has 2 atom stereocenters. The van der Waals surface area contributed by atoms with E-state index in [1.54, 1.807) is 0 Å². The van der Waals surface area contributed by atoms with Gasteiger partial charge in [0.2, 0.25) is 11.8 Å². The summed E-state index contributed by atoms with van der Waals surface area (Å²) in [6.45, 7) is 6.67. The summed E-state index contributed by atoms with van der Waals surface area (Å²) in [7, 11) is 0. The lowest BCUT2D eigenvalue weighted by molar-refractivity contribution is -0.131. The maximum atomic E-state index is 12.2. The zero-order valence-corrected chi connectivity index (χ0v) is 14.1. The molecule has 2 fully saturated rings. The fourth-order valence-corrected chi connectivity index (χ4v) is 3.32. The topological polar surface area (TPSA) is 96.7 Å². The summed E-state index contributed by atoms with van der Waals surface area (Å²) >= 11 is 0. The van der Waals surface area contributed by atoms with Gasteiger partial charge < -0.3 is 21.1 Å². The number of nitrogens with zero attached hydrogens (tertiary/aromatic N) is 1. The Labute approximate surface area is 138 Å². The van der Waals surface area contributed by atoms with E-state index < -0.39 is 5.54 Å². The number of morpholine rings is 1. The monoisotopic (exact) mass is 326 g/mol. The van der Waals surface area contributed by atoms with Crippen molar-refractivity contribution in [2.75, 3.05) is 45.9 Å². The Balaban J connectivity index is 1.62. The van der Waals surface area contributed by atoms with Crippen LogP contribution in [0.2, 0.25) is 0 Å². The molecule has 1 saturated carbocycles. The van der Waals surface area contributed by atoms with Crippen molar-refractivity contribution in [3.8, 4) is 0 Å². The van der Waals surface area contributed by atoms with Gasteiger partial charge in [0.15, 0.2) is 0 Å². The first-order valence-electron chi connectivity index (χ1n) is 8.62. The highest BCUT2D eigenvalue weighted by molar-refractivity contribution is 5.86. The highest BCUT2D eigenvalue weighted by atomic mass is 16.5. The SMILES string of the molecule is CC1(N)CCCCC1C(=O)NCC(=O)NCCN1CCOCC1. The van der Waals surface area contributed by atoms with Crippen molar-refractivity contribution in [2.45, 2.75) is 38.1 Å². The van der Waals surface area contributed by atoms with Gasteiger partial charge in [0.05, 0.1) is 25.7 Å². The summed E-state index contributed by atoms with van der Waals surface area (Å²) in [6, 6.07) is 0. The number of carbonyl (C=O) groups is 2. The predicted molar refractivity (Wildman–Crippen MR) is 87.8 cm³/mol. The van der Waals surface area contributed by atoms with E-state index in [1.807, 2.05) is 6.92 Å². The summed E-state index contributed by atoms with van der Waals surface area (Å²) in [4.78, 5) is 26.3. The van der Waals surface area contributed by atoms with Crippen molar-refractivity contribution in [3.63, 3.8) is 0 Å².